The van der Waals surface area contributed by atoms with Gasteiger partial charge in [0.05, 0.1) is 16.5 Å². The number of hydrogen-bond acceptors (Lipinski definition) is 3. The molecule has 5 heteroatoms. The Morgan fingerprint density at radius 3 is 2.76 bits per heavy atom. The van der Waals surface area contributed by atoms with Gasteiger partial charge in [-0.1, -0.05) is 12.2 Å². The van der Waals surface area contributed by atoms with Gasteiger partial charge >= 0.3 is 0 Å². The first-order chi connectivity index (χ1) is 7.89. The molecule has 0 radical (unpaired) electrons. The molecule has 98 valence electrons. The van der Waals surface area contributed by atoms with Crippen molar-refractivity contribution < 1.29 is 9.53 Å². The van der Waals surface area contributed by atoms with E-state index >= 15 is 0 Å². The maximum Gasteiger partial charge on any atom is 0.235 e. The average molecular weight is 258 g/mol. The van der Waals surface area contributed by atoms with Crippen molar-refractivity contribution in [2.45, 2.75) is 39.7 Å². The smallest absolute Gasteiger partial charge is 0.235 e. The van der Waals surface area contributed by atoms with Crippen LogP contribution in [-0.4, -0.2) is 41.6 Å². The summed E-state index contributed by atoms with van der Waals surface area (Å²) in [5.41, 5.74) is 4.86. The van der Waals surface area contributed by atoms with Gasteiger partial charge in [0.2, 0.25) is 5.91 Å². The van der Waals surface area contributed by atoms with Crippen molar-refractivity contribution in [3.8, 4) is 0 Å². The second-order valence-corrected chi connectivity index (χ2v) is 5.40. The van der Waals surface area contributed by atoms with Gasteiger partial charge in [-0.05, 0) is 33.6 Å². The van der Waals surface area contributed by atoms with Crippen molar-refractivity contribution >= 4 is 23.1 Å². The Kier molecular flexibility index (Phi) is 4.89. The maximum absolute atomic E-state index is 12.3. The quantitative estimate of drug-likeness (QED) is 0.773. The molecular formula is C12H22N2O2S. The molecule has 0 saturated carbocycles. The van der Waals surface area contributed by atoms with E-state index in [-0.39, 0.29) is 17.0 Å². The number of carbonyl (C=O) groups excluding carboxylic acids is 1. The highest BCUT2D eigenvalue weighted by molar-refractivity contribution is 7.80. The van der Waals surface area contributed by atoms with Gasteiger partial charge in [-0.15, -0.1) is 0 Å². The van der Waals surface area contributed by atoms with Gasteiger partial charge in [-0.2, -0.15) is 0 Å². The van der Waals surface area contributed by atoms with E-state index < -0.39 is 5.41 Å². The van der Waals surface area contributed by atoms with E-state index in [1.807, 2.05) is 11.8 Å². The van der Waals surface area contributed by atoms with Crippen LogP contribution in [0.25, 0.3) is 0 Å². The fourth-order valence-corrected chi connectivity index (χ4v) is 2.08. The Bertz CT molecular complexity index is 303. The van der Waals surface area contributed by atoms with Gasteiger partial charge in [0, 0.05) is 19.7 Å². The molecule has 0 aromatic carbocycles. The molecule has 1 unspecified atom stereocenters. The fraction of sp³-hybridized carbons (Fsp3) is 0.833. The molecule has 2 N–H and O–H groups in total. The Morgan fingerprint density at radius 1 is 1.59 bits per heavy atom. The number of nitrogens with zero attached hydrogens (tertiary/aromatic N) is 1. The zero-order valence-corrected chi connectivity index (χ0v) is 11.7. The molecule has 1 heterocycles. The number of amides is 1. The minimum absolute atomic E-state index is 0.00871. The van der Waals surface area contributed by atoms with Crippen LogP contribution in [0.4, 0.5) is 0 Å². The van der Waals surface area contributed by atoms with Gasteiger partial charge < -0.3 is 15.4 Å². The van der Waals surface area contributed by atoms with E-state index in [0.717, 1.165) is 19.4 Å². The first-order valence-corrected chi connectivity index (χ1v) is 6.51. The largest absolute Gasteiger partial charge is 0.392 e. The van der Waals surface area contributed by atoms with Crippen molar-refractivity contribution in [3.05, 3.63) is 0 Å². The van der Waals surface area contributed by atoms with Crippen molar-refractivity contribution in [1.29, 1.82) is 0 Å². The van der Waals surface area contributed by atoms with Crippen molar-refractivity contribution in [3.63, 3.8) is 0 Å². The molecule has 1 atom stereocenters. The monoisotopic (exact) mass is 258 g/mol. The van der Waals surface area contributed by atoms with Crippen LogP contribution in [0.1, 0.15) is 33.6 Å². The summed E-state index contributed by atoms with van der Waals surface area (Å²) in [6.07, 6.45) is 2.15. The van der Waals surface area contributed by atoms with E-state index in [1.54, 1.807) is 13.8 Å². The summed E-state index contributed by atoms with van der Waals surface area (Å²) in [6, 6.07) is 0. The topological polar surface area (TPSA) is 55.6 Å². The zero-order chi connectivity index (χ0) is 13.1. The Morgan fingerprint density at radius 2 is 2.24 bits per heavy atom. The summed E-state index contributed by atoms with van der Waals surface area (Å²) in [6.45, 7) is 7.64. The highest BCUT2D eigenvalue weighted by Crippen LogP contribution is 2.23. The SMILES string of the molecule is CCOC1CCCN(C(=O)C(C)(C)C(N)=S)C1. The number of ether oxygens (including phenoxy) is 1. The second kappa shape index (κ2) is 5.78. The third-order valence-corrected chi connectivity index (χ3v) is 3.73. The molecule has 0 aromatic rings. The van der Waals surface area contributed by atoms with Gasteiger partial charge in [0.25, 0.3) is 0 Å². The van der Waals surface area contributed by atoms with Crippen LogP contribution in [-0.2, 0) is 9.53 Å². The lowest BCUT2D eigenvalue weighted by Gasteiger charge is -2.37. The number of rotatable bonds is 4. The number of piperidine rings is 1. The van der Waals surface area contributed by atoms with E-state index in [4.69, 9.17) is 22.7 Å². The highest BCUT2D eigenvalue weighted by Gasteiger charge is 2.36. The van der Waals surface area contributed by atoms with Crippen LogP contribution < -0.4 is 5.73 Å². The van der Waals surface area contributed by atoms with Crippen LogP contribution in [0.5, 0.6) is 0 Å². The number of carbonyl (C=O) groups is 1. The summed E-state index contributed by atoms with van der Waals surface area (Å²) in [4.78, 5) is 14.4. The molecule has 1 amide bonds. The van der Waals surface area contributed by atoms with E-state index in [0.29, 0.717) is 13.2 Å². The minimum Gasteiger partial charge on any atom is -0.392 e. The zero-order valence-electron chi connectivity index (χ0n) is 10.9. The first kappa shape index (κ1) is 14.4. The molecule has 17 heavy (non-hydrogen) atoms. The summed E-state index contributed by atoms with van der Waals surface area (Å²) >= 11 is 4.96. The van der Waals surface area contributed by atoms with E-state index in [1.165, 1.54) is 0 Å². The molecule has 1 fully saturated rings. The van der Waals surface area contributed by atoms with Gasteiger partial charge in [0.1, 0.15) is 0 Å². The predicted molar refractivity (Wildman–Crippen MR) is 71.8 cm³/mol. The second-order valence-electron chi connectivity index (χ2n) is 4.96. The van der Waals surface area contributed by atoms with Crippen molar-refractivity contribution in [2.75, 3.05) is 19.7 Å². The van der Waals surface area contributed by atoms with E-state index in [2.05, 4.69) is 0 Å². The van der Waals surface area contributed by atoms with Crippen LogP contribution in [0.15, 0.2) is 0 Å². The summed E-state index contributed by atoms with van der Waals surface area (Å²) in [5, 5.41) is 0. The number of likely N-dealkylation sites (tertiary alicyclic amines) is 1. The number of nitrogens with two attached hydrogens (primary N) is 1. The van der Waals surface area contributed by atoms with Crippen LogP contribution in [0, 0.1) is 5.41 Å². The normalized spacial score (nSPS) is 21.4. The molecule has 1 rings (SSSR count). The minimum atomic E-state index is -0.760. The summed E-state index contributed by atoms with van der Waals surface area (Å²) < 4.78 is 5.58. The van der Waals surface area contributed by atoms with Crippen LogP contribution in [0.2, 0.25) is 0 Å². The van der Waals surface area contributed by atoms with Crippen molar-refractivity contribution in [2.24, 2.45) is 11.1 Å². The van der Waals surface area contributed by atoms with Crippen molar-refractivity contribution in [1.82, 2.24) is 4.90 Å². The number of thiocarbonyl (C=S) groups is 1. The molecule has 0 aromatic heterocycles. The molecule has 1 aliphatic rings. The summed E-state index contributed by atoms with van der Waals surface area (Å²) in [7, 11) is 0. The molecule has 0 aliphatic carbocycles. The fourth-order valence-electron chi connectivity index (χ4n) is 2.00. The molecular weight excluding hydrogens is 236 g/mol. The first-order valence-electron chi connectivity index (χ1n) is 6.10. The van der Waals surface area contributed by atoms with Gasteiger partial charge in [-0.3, -0.25) is 4.79 Å². The molecule has 1 aliphatic heterocycles. The standard InChI is InChI=1S/C12H22N2O2S/c1-4-16-9-6-5-7-14(8-9)11(15)12(2,3)10(13)17/h9H,4-8H2,1-3H3,(H2,13,17). The third-order valence-electron chi connectivity index (χ3n) is 3.22. The lowest BCUT2D eigenvalue weighted by Crippen LogP contribution is -2.51. The highest BCUT2D eigenvalue weighted by atomic mass is 32.1. The Labute approximate surface area is 108 Å². The number of hydrogen-bond donors (Lipinski definition) is 1. The molecule has 0 bridgehead atoms. The Balaban J connectivity index is 2.66. The van der Waals surface area contributed by atoms with Crippen LogP contribution >= 0.6 is 12.2 Å². The van der Waals surface area contributed by atoms with E-state index in [9.17, 15) is 4.79 Å². The average Bonchev–Trinajstić information content (AvgIpc) is 2.28. The van der Waals surface area contributed by atoms with Gasteiger partial charge in [0.15, 0.2) is 0 Å². The lowest BCUT2D eigenvalue weighted by atomic mass is 9.90. The maximum atomic E-state index is 12.3. The molecule has 0 spiro atoms. The van der Waals surface area contributed by atoms with Crippen LogP contribution in [0.3, 0.4) is 0 Å². The Hall–Kier alpha value is -0.680. The molecule has 4 nitrogen and oxygen atoms in total. The molecule has 1 saturated heterocycles. The van der Waals surface area contributed by atoms with Gasteiger partial charge in [-0.25, -0.2) is 0 Å². The lowest BCUT2D eigenvalue weighted by molar-refractivity contribution is -0.141. The third kappa shape index (κ3) is 3.39. The summed E-state index contributed by atoms with van der Waals surface area (Å²) in [5.74, 6) is 0.00871. The predicted octanol–water partition coefficient (Wildman–Crippen LogP) is 1.33.